The molecule has 0 aliphatic carbocycles. The van der Waals surface area contributed by atoms with Crippen LogP contribution in [0.5, 0.6) is 0 Å². The highest BCUT2D eigenvalue weighted by Gasteiger charge is 2.22. The Labute approximate surface area is 141 Å². The number of hydrogen-bond acceptors (Lipinski definition) is 2. The average Bonchev–Trinajstić information content (AvgIpc) is 2.64. The first-order valence-corrected chi connectivity index (χ1v) is 7.88. The van der Waals surface area contributed by atoms with Crippen molar-refractivity contribution in [1.29, 1.82) is 0 Å². The van der Waals surface area contributed by atoms with Crippen LogP contribution in [0.2, 0.25) is 0 Å². The van der Waals surface area contributed by atoms with Crippen LogP contribution in [0.3, 0.4) is 0 Å². The largest absolute Gasteiger partial charge is 0.392 e. The second-order valence-corrected chi connectivity index (χ2v) is 5.60. The van der Waals surface area contributed by atoms with E-state index in [4.69, 9.17) is 0 Å². The predicted molar refractivity (Wildman–Crippen MR) is 95.7 cm³/mol. The molecule has 3 nitrogen and oxygen atoms in total. The Balaban J connectivity index is 1.92. The van der Waals surface area contributed by atoms with Gasteiger partial charge < -0.3 is 10.4 Å². The van der Waals surface area contributed by atoms with Crippen molar-refractivity contribution in [3.05, 3.63) is 102 Å². The second kappa shape index (κ2) is 7.57. The van der Waals surface area contributed by atoms with E-state index in [0.717, 1.165) is 16.7 Å². The van der Waals surface area contributed by atoms with Crippen LogP contribution < -0.4 is 5.32 Å². The molecule has 0 spiro atoms. The van der Waals surface area contributed by atoms with Crippen molar-refractivity contribution in [2.24, 2.45) is 0 Å². The molecule has 0 saturated heterocycles. The minimum absolute atomic E-state index is 0.0511. The van der Waals surface area contributed by atoms with Gasteiger partial charge >= 0.3 is 0 Å². The van der Waals surface area contributed by atoms with Crippen molar-refractivity contribution >= 4 is 11.6 Å². The standard InChI is InChI=1S/C21H19NO2/c23-15-16-8-7-13-19(14-16)22-21(24)20(17-9-3-1-4-10-17)18-11-5-2-6-12-18/h1-14,20,23H,15H2,(H,22,24). The van der Waals surface area contributed by atoms with Crippen molar-refractivity contribution in [3.8, 4) is 0 Å². The number of aliphatic hydroxyl groups is 1. The van der Waals surface area contributed by atoms with Crippen LogP contribution in [0.4, 0.5) is 5.69 Å². The summed E-state index contributed by atoms with van der Waals surface area (Å²) in [6, 6.07) is 26.7. The Kier molecular flexibility index (Phi) is 5.04. The summed E-state index contributed by atoms with van der Waals surface area (Å²) in [5.74, 6) is -0.479. The lowest BCUT2D eigenvalue weighted by atomic mass is 9.90. The molecular weight excluding hydrogens is 298 g/mol. The summed E-state index contributed by atoms with van der Waals surface area (Å²) in [7, 11) is 0. The van der Waals surface area contributed by atoms with Gasteiger partial charge in [-0.2, -0.15) is 0 Å². The van der Waals surface area contributed by atoms with Gasteiger partial charge in [0.15, 0.2) is 0 Å². The maximum Gasteiger partial charge on any atom is 0.236 e. The molecule has 120 valence electrons. The lowest BCUT2D eigenvalue weighted by Gasteiger charge is -2.18. The number of aliphatic hydroxyl groups excluding tert-OH is 1. The molecule has 0 fully saturated rings. The fourth-order valence-corrected chi connectivity index (χ4v) is 2.75. The van der Waals surface area contributed by atoms with Gasteiger partial charge in [-0.1, -0.05) is 72.8 Å². The van der Waals surface area contributed by atoms with Crippen molar-refractivity contribution in [2.45, 2.75) is 12.5 Å². The monoisotopic (exact) mass is 317 g/mol. The second-order valence-electron chi connectivity index (χ2n) is 5.60. The average molecular weight is 317 g/mol. The molecule has 3 aromatic carbocycles. The third-order valence-corrected chi connectivity index (χ3v) is 3.91. The van der Waals surface area contributed by atoms with Crippen LogP contribution in [-0.2, 0) is 11.4 Å². The zero-order valence-electron chi connectivity index (χ0n) is 13.2. The van der Waals surface area contributed by atoms with Crippen LogP contribution in [0.15, 0.2) is 84.9 Å². The van der Waals surface area contributed by atoms with Crippen LogP contribution in [0.1, 0.15) is 22.6 Å². The Morgan fingerprint density at radius 2 is 1.42 bits per heavy atom. The number of benzene rings is 3. The number of carbonyl (C=O) groups is 1. The number of anilines is 1. The van der Waals surface area contributed by atoms with Gasteiger partial charge in [-0.3, -0.25) is 4.79 Å². The Bertz CT molecular complexity index is 761. The van der Waals surface area contributed by atoms with Gasteiger partial charge in [0.1, 0.15) is 0 Å². The van der Waals surface area contributed by atoms with Crippen LogP contribution in [-0.4, -0.2) is 11.0 Å². The molecule has 0 bridgehead atoms. The minimum Gasteiger partial charge on any atom is -0.392 e. The van der Waals surface area contributed by atoms with E-state index in [1.165, 1.54) is 0 Å². The summed E-state index contributed by atoms with van der Waals surface area (Å²) in [5, 5.41) is 12.2. The van der Waals surface area contributed by atoms with E-state index in [-0.39, 0.29) is 18.4 Å². The molecule has 3 aromatic rings. The summed E-state index contributed by atoms with van der Waals surface area (Å²) in [6.07, 6.45) is 0. The van der Waals surface area contributed by atoms with Crippen LogP contribution in [0, 0.1) is 0 Å². The molecule has 2 N–H and O–H groups in total. The zero-order chi connectivity index (χ0) is 16.8. The number of carbonyl (C=O) groups excluding carboxylic acids is 1. The molecule has 0 unspecified atom stereocenters. The van der Waals surface area contributed by atoms with Gasteiger partial charge in [-0.05, 0) is 28.8 Å². The van der Waals surface area contributed by atoms with Gasteiger partial charge in [-0.15, -0.1) is 0 Å². The molecule has 0 aliphatic heterocycles. The summed E-state index contributed by atoms with van der Waals surface area (Å²) >= 11 is 0. The predicted octanol–water partition coefficient (Wildman–Crippen LogP) is 3.95. The molecule has 0 heterocycles. The van der Waals surface area contributed by atoms with Gasteiger partial charge in [0.25, 0.3) is 0 Å². The molecule has 0 saturated carbocycles. The summed E-state index contributed by atoms with van der Waals surface area (Å²) in [6.45, 7) is -0.0511. The van der Waals surface area contributed by atoms with Crippen molar-refractivity contribution in [2.75, 3.05) is 5.32 Å². The van der Waals surface area contributed by atoms with Crippen LogP contribution >= 0.6 is 0 Å². The van der Waals surface area contributed by atoms with Crippen molar-refractivity contribution in [1.82, 2.24) is 0 Å². The normalized spacial score (nSPS) is 10.6. The summed E-state index contributed by atoms with van der Waals surface area (Å²) in [4.78, 5) is 12.9. The first-order chi connectivity index (χ1) is 11.8. The highest BCUT2D eigenvalue weighted by Crippen LogP contribution is 2.26. The molecule has 3 heteroatoms. The molecule has 24 heavy (non-hydrogen) atoms. The van der Waals surface area contributed by atoms with Gasteiger partial charge in [0.2, 0.25) is 5.91 Å². The summed E-state index contributed by atoms with van der Waals surface area (Å²) in [5.41, 5.74) is 3.34. The maximum atomic E-state index is 12.9. The number of rotatable bonds is 5. The third-order valence-electron chi connectivity index (χ3n) is 3.91. The van der Waals surface area contributed by atoms with E-state index in [1.807, 2.05) is 78.9 Å². The van der Waals surface area contributed by atoms with Crippen LogP contribution in [0.25, 0.3) is 0 Å². The molecule has 0 aromatic heterocycles. The van der Waals surface area contributed by atoms with Gasteiger partial charge in [-0.25, -0.2) is 0 Å². The molecular formula is C21H19NO2. The van der Waals surface area contributed by atoms with E-state index in [9.17, 15) is 9.90 Å². The smallest absolute Gasteiger partial charge is 0.236 e. The lowest BCUT2D eigenvalue weighted by Crippen LogP contribution is -2.22. The third kappa shape index (κ3) is 3.70. The van der Waals surface area contributed by atoms with Crippen molar-refractivity contribution < 1.29 is 9.90 Å². The Hall–Kier alpha value is -2.91. The number of amides is 1. The number of nitrogens with one attached hydrogen (secondary N) is 1. The van der Waals surface area contributed by atoms with E-state index in [2.05, 4.69) is 5.32 Å². The Morgan fingerprint density at radius 3 is 1.96 bits per heavy atom. The highest BCUT2D eigenvalue weighted by atomic mass is 16.3. The van der Waals surface area contributed by atoms with E-state index in [0.29, 0.717) is 5.69 Å². The van der Waals surface area contributed by atoms with E-state index in [1.54, 1.807) is 6.07 Å². The topological polar surface area (TPSA) is 49.3 Å². The fourth-order valence-electron chi connectivity index (χ4n) is 2.75. The van der Waals surface area contributed by atoms with Gasteiger partial charge in [0.05, 0.1) is 12.5 Å². The zero-order valence-corrected chi connectivity index (χ0v) is 13.2. The summed E-state index contributed by atoms with van der Waals surface area (Å²) < 4.78 is 0. The lowest BCUT2D eigenvalue weighted by molar-refractivity contribution is -0.116. The fraction of sp³-hybridized carbons (Fsp3) is 0.0952. The van der Waals surface area contributed by atoms with Gasteiger partial charge in [0, 0.05) is 5.69 Å². The molecule has 0 radical (unpaired) electrons. The first-order valence-electron chi connectivity index (χ1n) is 7.88. The molecule has 3 rings (SSSR count). The first kappa shape index (κ1) is 16.0. The minimum atomic E-state index is -0.384. The maximum absolute atomic E-state index is 12.9. The van der Waals surface area contributed by atoms with Crippen molar-refractivity contribution in [3.63, 3.8) is 0 Å². The molecule has 0 aliphatic rings. The molecule has 0 atom stereocenters. The number of hydrogen-bond donors (Lipinski definition) is 2. The van der Waals surface area contributed by atoms with E-state index >= 15 is 0 Å². The highest BCUT2D eigenvalue weighted by molar-refractivity contribution is 5.98. The van der Waals surface area contributed by atoms with E-state index < -0.39 is 0 Å². The quantitative estimate of drug-likeness (QED) is 0.748. The molecule has 1 amide bonds. The Morgan fingerprint density at radius 1 is 0.833 bits per heavy atom. The SMILES string of the molecule is O=C(Nc1cccc(CO)c1)C(c1ccccc1)c1ccccc1.